The number of ether oxygens (including phenoxy) is 3. The van der Waals surface area contributed by atoms with Gasteiger partial charge in [0.05, 0.1) is 19.3 Å². The van der Waals surface area contributed by atoms with Crippen molar-refractivity contribution in [3.63, 3.8) is 0 Å². The van der Waals surface area contributed by atoms with Crippen LogP contribution in [0.15, 0.2) is 36.4 Å². The van der Waals surface area contributed by atoms with E-state index in [9.17, 15) is 15.0 Å². The van der Waals surface area contributed by atoms with E-state index in [4.69, 9.17) is 14.2 Å². The Morgan fingerprint density at radius 1 is 1.06 bits per heavy atom. The summed E-state index contributed by atoms with van der Waals surface area (Å²) < 4.78 is 17.1. The Bertz CT molecular complexity index is 925. The number of aromatic hydroxyl groups is 1. The van der Waals surface area contributed by atoms with E-state index in [0.717, 1.165) is 29.7 Å². The molecule has 1 aliphatic rings. The fourth-order valence-electron chi connectivity index (χ4n) is 4.22. The lowest BCUT2D eigenvalue weighted by Gasteiger charge is -2.18. The summed E-state index contributed by atoms with van der Waals surface area (Å²) in [5.74, 6) is 1.94. The molecule has 0 unspecified atom stereocenters. The van der Waals surface area contributed by atoms with Gasteiger partial charge in [0, 0.05) is 12.8 Å². The van der Waals surface area contributed by atoms with Gasteiger partial charge in [-0.1, -0.05) is 12.1 Å². The van der Waals surface area contributed by atoms with Crippen LogP contribution >= 0.6 is 0 Å². The van der Waals surface area contributed by atoms with Crippen molar-refractivity contribution in [2.45, 2.75) is 70.0 Å². The van der Waals surface area contributed by atoms with E-state index in [-0.39, 0.29) is 24.1 Å². The number of hydrogen-bond acceptors (Lipinski definition) is 7. The zero-order valence-electron chi connectivity index (χ0n) is 20.2. The second-order valence-corrected chi connectivity index (χ2v) is 8.89. The van der Waals surface area contributed by atoms with E-state index in [1.807, 2.05) is 25.2 Å². The molecule has 1 aliphatic carbocycles. The van der Waals surface area contributed by atoms with Crippen LogP contribution in [-0.4, -0.2) is 49.1 Å². The number of phenolic OH excluding ortho intramolecular Hbond substituents is 1. The Morgan fingerprint density at radius 3 is 2.50 bits per heavy atom. The molecule has 0 aromatic heterocycles. The van der Waals surface area contributed by atoms with Crippen molar-refractivity contribution in [2.24, 2.45) is 0 Å². The van der Waals surface area contributed by atoms with Crippen molar-refractivity contribution in [1.29, 1.82) is 0 Å². The smallest absolute Gasteiger partial charge is 0.163 e. The second-order valence-electron chi connectivity index (χ2n) is 8.89. The number of aryl methyl sites for hydroxylation is 2. The van der Waals surface area contributed by atoms with Crippen molar-refractivity contribution < 1.29 is 29.2 Å². The summed E-state index contributed by atoms with van der Waals surface area (Å²) >= 11 is 0. The van der Waals surface area contributed by atoms with Gasteiger partial charge in [0.25, 0.3) is 0 Å². The summed E-state index contributed by atoms with van der Waals surface area (Å²) in [7, 11) is 3.32. The van der Waals surface area contributed by atoms with Gasteiger partial charge < -0.3 is 24.4 Å². The van der Waals surface area contributed by atoms with E-state index in [1.54, 1.807) is 18.2 Å². The number of ketones is 1. The standard InChI is InChI=1S/C27H37NO6/c1-28-18-33-25-14-10-20(16-27(25)34-23-5-3-4-6-23)8-12-22(30)17-21(29)11-7-19-9-13-24(31)26(15-19)32-2/h9-10,13-16,22-23,28,30-31H,3-8,11-12,17-18H2,1-2H3/t22-/m1/s1. The molecule has 0 bridgehead atoms. The molecule has 1 fully saturated rings. The molecule has 0 radical (unpaired) electrons. The lowest BCUT2D eigenvalue weighted by molar-refractivity contribution is -0.121. The zero-order valence-corrected chi connectivity index (χ0v) is 20.2. The molecule has 2 aromatic carbocycles. The molecule has 3 rings (SSSR count). The van der Waals surface area contributed by atoms with Crippen LogP contribution in [0.4, 0.5) is 0 Å². The van der Waals surface area contributed by atoms with Crippen molar-refractivity contribution in [1.82, 2.24) is 5.32 Å². The Labute approximate surface area is 202 Å². The number of methoxy groups -OCH3 is 1. The molecule has 0 spiro atoms. The van der Waals surface area contributed by atoms with E-state index in [0.29, 0.717) is 43.9 Å². The summed E-state index contributed by atoms with van der Waals surface area (Å²) in [6, 6.07) is 11.0. The largest absolute Gasteiger partial charge is 0.504 e. The number of Topliss-reactive ketones (excluding diaryl/α,β-unsaturated/α-hetero) is 1. The number of carbonyl (C=O) groups is 1. The third-order valence-corrected chi connectivity index (χ3v) is 6.14. The number of nitrogens with one attached hydrogen (secondary N) is 1. The Kier molecular flexibility index (Phi) is 10.0. The van der Waals surface area contributed by atoms with Crippen LogP contribution in [0.2, 0.25) is 0 Å². The van der Waals surface area contributed by atoms with Crippen molar-refractivity contribution in [3.05, 3.63) is 47.5 Å². The number of hydrogen-bond donors (Lipinski definition) is 3. The third-order valence-electron chi connectivity index (χ3n) is 6.14. The molecule has 186 valence electrons. The quantitative estimate of drug-likeness (QED) is 0.356. The van der Waals surface area contributed by atoms with Crippen LogP contribution in [0.3, 0.4) is 0 Å². The summed E-state index contributed by atoms with van der Waals surface area (Å²) in [5.41, 5.74) is 1.96. The number of carbonyl (C=O) groups excluding carboxylic acids is 1. The SMILES string of the molecule is CNCOc1ccc(CC[C@@H](O)CC(=O)CCc2ccc(O)c(OC)c2)cc1OC1CCCC1. The molecule has 7 heteroatoms. The third kappa shape index (κ3) is 7.92. The molecule has 34 heavy (non-hydrogen) atoms. The normalized spacial score (nSPS) is 14.7. The maximum Gasteiger partial charge on any atom is 0.163 e. The van der Waals surface area contributed by atoms with Gasteiger partial charge in [0.15, 0.2) is 23.0 Å². The predicted molar refractivity (Wildman–Crippen MR) is 131 cm³/mol. The van der Waals surface area contributed by atoms with Crippen LogP contribution in [-0.2, 0) is 17.6 Å². The molecule has 2 aromatic rings. The molecule has 0 aliphatic heterocycles. The Hall–Kier alpha value is -2.77. The van der Waals surface area contributed by atoms with Crippen LogP contribution in [0, 0.1) is 0 Å². The monoisotopic (exact) mass is 471 g/mol. The fourth-order valence-corrected chi connectivity index (χ4v) is 4.22. The summed E-state index contributed by atoms with van der Waals surface area (Å²) in [4.78, 5) is 12.4. The van der Waals surface area contributed by atoms with Gasteiger partial charge >= 0.3 is 0 Å². The highest BCUT2D eigenvalue weighted by Gasteiger charge is 2.19. The fraction of sp³-hybridized carbons (Fsp3) is 0.519. The van der Waals surface area contributed by atoms with Gasteiger partial charge in [0.2, 0.25) is 0 Å². The Balaban J connectivity index is 1.49. The first-order valence-electron chi connectivity index (χ1n) is 12.1. The average molecular weight is 472 g/mol. The second kappa shape index (κ2) is 13.2. The molecular weight excluding hydrogens is 434 g/mol. The number of phenols is 1. The molecule has 0 saturated heterocycles. The number of rotatable bonds is 14. The molecule has 0 heterocycles. The first-order valence-corrected chi connectivity index (χ1v) is 12.1. The topological polar surface area (TPSA) is 97.2 Å². The first-order chi connectivity index (χ1) is 16.5. The average Bonchev–Trinajstić information content (AvgIpc) is 3.34. The van der Waals surface area contributed by atoms with Crippen LogP contribution in [0.5, 0.6) is 23.0 Å². The van der Waals surface area contributed by atoms with E-state index < -0.39 is 6.10 Å². The zero-order chi connectivity index (χ0) is 24.3. The van der Waals surface area contributed by atoms with E-state index in [2.05, 4.69) is 5.32 Å². The lowest BCUT2D eigenvalue weighted by atomic mass is 10.00. The number of aliphatic hydroxyl groups is 1. The minimum absolute atomic E-state index is 0.0145. The van der Waals surface area contributed by atoms with Crippen LogP contribution < -0.4 is 19.5 Å². The Morgan fingerprint density at radius 2 is 1.76 bits per heavy atom. The molecule has 1 saturated carbocycles. The van der Waals surface area contributed by atoms with Crippen LogP contribution in [0.1, 0.15) is 56.1 Å². The maximum absolute atomic E-state index is 12.4. The summed E-state index contributed by atoms with van der Waals surface area (Å²) in [5, 5.41) is 23.1. The van der Waals surface area contributed by atoms with Gasteiger partial charge in [-0.15, -0.1) is 0 Å². The summed E-state index contributed by atoms with van der Waals surface area (Å²) in [6.07, 6.45) is 6.19. The van der Waals surface area contributed by atoms with Gasteiger partial charge in [-0.3, -0.25) is 10.1 Å². The predicted octanol–water partition coefficient (Wildman–Crippen LogP) is 4.16. The van der Waals surface area contributed by atoms with Crippen molar-refractivity contribution in [2.75, 3.05) is 20.9 Å². The lowest BCUT2D eigenvalue weighted by Crippen LogP contribution is -2.17. The molecule has 1 atom stereocenters. The highest BCUT2D eigenvalue weighted by atomic mass is 16.5. The molecule has 7 nitrogen and oxygen atoms in total. The molecule has 0 amide bonds. The van der Waals surface area contributed by atoms with Gasteiger partial charge in [0.1, 0.15) is 12.5 Å². The van der Waals surface area contributed by atoms with Gasteiger partial charge in [-0.25, -0.2) is 0 Å². The highest BCUT2D eigenvalue weighted by Crippen LogP contribution is 2.33. The minimum Gasteiger partial charge on any atom is -0.504 e. The number of benzene rings is 2. The summed E-state index contributed by atoms with van der Waals surface area (Å²) in [6.45, 7) is 0.401. The highest BCUT2D eigenvalue weighted by molar-refractivity contribution is 5.79. The van der Waals surface area contributed by atoms with Gasteiger partial charge in [-0.05, 0) is 87.4 Å². The van der Waals surface area contributed by atoms with Crippen LogP contribution in [0.25, 0.3) is 0 Å². The molecule has 3 N–H and O–H groups in total. The molecular formula is C27H37NO6. The minimum atomic E-state index is -0.693. The van der Waals surface area contributed by atoms with Gasteiger partial charge in [-0.2, -0.15) is 0 Å². The number of aliphatic hydroxyl groups excluding tert-OH is 1. The first kappa shape index (κ1) is 25.8. The van der Waals surface area contributed by atoms with E-state index >= 15 is 0 Å². The maximum atomic E-state index is 12.4. The van der Waals surface area contributed by atoms with E-state index in [1.165, 1.54) is 20.0 Å². The van der Waals surface area contributed by atoms with Crippen molar-refractivity contribution >= 4 is 5.78 Å². The van der Waals surface area contributed by atoms with Crippen molar-refractivity contribution in [3.8, 4) is 23.0 Å².